The van der Waals surface area contributed by atoms with Crippen molar-refractivity contribution in [3.63, 3.8) is 0 Å². The van der Waals surface area contributed by atoms with E-state index in [9.17, 15) is 0 Å². The molecule has 0 aliphatic rings. The van der Waals surface area contributed by atoms with E-state index < -0.39 is 0 Å². The van der Waals surface area contributed by atoms with Gasteiger partial charge in [-0.25, -0.2) is 0 Å². The minimum Gasteiger partial charge on any atom is -0.409 e. The molecule has 0 amide bonds. The first-order chi connectivity index (χ1) is 8.69. The van der Waals surface area contributed by atoms with Crippen LogP contribution in [-0.4, -0.2) is 49.8 Å². The minimum atomic E-state index is -0.113. The van der Waals surface area contributed by atoms with E-state index in [1.807, 2.05) is 37.4 Å². The van der Waals surface area contributed by atoms with Gasteiger partial charge in [0.05, 0.1) is 12.5 Å². The van der Waals surface area contributed by atoms with Crippen LogP contribution in [0.25, 0.3) is 0 Å². The monoisotopic (exact) mass is 251 g/mol. The number of likely N-dealkylation sites (N-methyl/N-ethyl adjacent to an activating group) is 1. The number of rotatable bonds is 7. The van der Waals surface area contributed by atoms with Crippen molar-refractivity contribution in [2.45, 2.75) is 5.92 Å². The van der Waals surface area contributed by atoms with Gasteiger partial charge in [-0.3, -0.25) is 0 Å². The van der Waals surface area contributed by atoms with Crippen LogP contribution in [0.2, 0.25) is 0 Å². The number of methoxy groups -OCH3 is 1. The number of nitrogens with two attached hydrogens (primary N) is 1. The predicted octanol–water partition coefficient (Wildman–Crippen LogP) is 1.09. The number of hydrogen-bond donors (Lipinski definition) is 2. The molecule has 5 nitrogen and oxygen atoms in total. The topological polar surface area (TPSA) is 71.1 Å². The van der Waals surface area contributed by atoms with Gasteiger partial charge in [0.2, 0.25) is 0 Å². The van der Waals surface area contributed by atoms with Crippen molar-refractivity contribution in [2.24, 2.45) is 10.9 Å². The van der Waals surface area contributed by atoms with Crippen molar-refractivity contribution in [2.75, 3.05) is 33.9 Å². The Bertz CT molecular complexity index is 368. The maximum absolute atomic E-state index is 8.88. The predicted molar refractivity (Wildman–Crippen MR) is 72.0 cm³/mol. The zero-order valence-corrected chi connectivity index (χ0v) is 10.9. The summed E-state index contributed by atoms with van der Waals surface area (Å²) in [7, 11) is 3.66. The Balaban J connectivity index is 2.74. The fourth-order valence-corrected chi connectivity index (χ4v) is 1.77. The second kappa shape index (κ2) is 7.68. The summed E-state index contributed by atoms with van der Waals surface area (Å²) in [5.41, 5.74) is 6.81. The molecule has 1 unspecified atom stereocenters. The fourth-order valence-electron chi connectivity index (χ4n) is 1.77. The summed E-state index contributed by atoms with van der Waals surface area (Å²) in [6, 6.07) is 9.80. The molecule has 3 N–H and O–H groups in total. The summed E-state index contributed by atoms with van der Waals surface area (Å²) in [5.74, 6) is 0.114. The van der Waals surface area contributed by atoms with E-state index >= 15 is 0 Å². The highest BCUT2D eigenvalue weighted by molar-refractivity contribution is 5.87. The van der Waals surface area contributed by atoms with Crippen molar-refractivity contribution in [1.29, 1.82) is 0 Å². The number of benzene rings is 1. The van der Waals surface area contributed by atoms with Gasteiger partial charge in [0.25, 0.3) is 0 Å². The van der Waals surface area contributed by atoms with E-state index in [4.69, 9.17) is 15.7 Å². The molecule has 0 fully saturated rings. The summed E-state index contributed by atoms with van der Waals surface area (Å²) >= 11 is 0. The number of nitrogens with zero attached hydrogens (tertiary/aromatic N) is 2. The SMILES string of the molecule is COCCN(C)CC(C(N)=NO)c1ccccc1. The maximum atomic E-state index is 8.88. The van der Waals surface area contributed by atoms with E-state index in [-0.39, 0.29) is 11.8 Å². The summed E-state index contributed by atoms with van der Waals surface area (Å²) in [6.45, 7) is 2.15. The molecule has 0 aromatic heterocycles. The first-order valence-corrected chi connectivity index (χ1v) is 5.89. The lowest BCUT2D eigenvalue weighted by Gasteiger charge is -2.23. The van der Waals surface area contributed by atoms with E-state index in [0.29, 0.717) is 13.2 Å². The summed E-state index contributed by atoms with van der Waals surface area (Å²) in [5, 5.41) is 12.0. The van der Waals surface area contributed by atoms with E-state index in [2.05, 4.69) is 10.1 Å². The molecule has 0 spiro atoms. The second-order valence-electron chi connectivity index (χ2n) is 4.24. The highest BCUT2D eigenvalue weighted by atomic mass is 16.5. The normalized spacial score (nSPS) is 13.8. The lowest BCUT2D eigenvalue weighted by Crippen LogP contribution is -2.34. The molecule has 0 bridgehead atoms. The Morgan fingerprint density at radius 3 is 2.67 bits per heavy atom. The zero-order valence-electron chi connectivity index (χ0n) is 10.9. The first kappa shape index (κ1) is 14.5. The van der Waals surface area contributed by atoms with E-state index in [1.54, 1.807) is 7.11 Å². The van der Waals surface area contributed by atoms with Crippen LogP contribution in [0.5, 0.6) is 0 Å². The Morgan fingerprint density at radius 2 is 2.11 bits per heavy atom. The molecule has 5 heteroatoms. The Hall–Kier alpha value is -1.59. The summed E-state index contributed by atoms with van der Waals surface area (Å²) in [4.78, 5) is 2.10. The molecule has 0 aliphatic heterocycles. The quantitative estimate of drug-likeness (QED) is 0.329. The van der Waals surface area contributed by atoms with Gasteiger partial charge in [0, 0.05) is 20.2 Å². The molecule has 1 aromatic carbocycles. The van der Waals surface area contributed by atoms with Crippen LogP contribution in [-0.2, 0) is 4.74 Å². The molecule has 1 atom stereocenters. The van der Waals surface area contributed by atoms with Gasteiger partial charge in [-0.1, -0.05) is 35.5 Å². The average molecular weight is 251 g/mol. The van der Waals surface area contributed by atoms with Gasteiger partial charge in [-0.2, -0.15) is 0 Å². The average Bonchev–Trinajstić information content (AvgIpc) is 2.42. The number of hydrogen-bond acceptors (Lipinski definition) is 4. The Labute approximate surface area is 108 Å². The molecule has 0 heterocycles. The molecule has 1 aromatic rings. The number of amidine groups is 1. The van der Waals surface area contributed by atoms with Crippen molar-refractivity contribution in [3.8, 4) is 0 Å². The van der Waals surface area contributed by atoms with E-state index in [0.717, 1.165) is 12.1 Å². The molecule has 1 rings (SSSR count). The highest BCUT2D eigenvalue weighted by Crippen LogP contribution is 2.16. The van der Waals surface area contributed by atoms with Gasteiger partial charge in [0.1, 0.15) is 5.84 Å². The first-order valence-electron chi connectivity index (χ1n) is 5.89. The van der Waals surface area contributed by atoms with Crippen LogP contribution < -0.4 is 5.73 Å². The van der Waals surface area contributed by atoms with Crippen molar-refractivity contribution < 1.29 is 9.94 Å². The molecular weight excluding hydrogens is 230 g/mol. The van der Waals surface area contributed by atoms with Gasteiger partial charge < -0.3 is 20.6 Å². The molecule has 0 aliphatic carbocycles. The second-order valence-corrected chi connectivity index (χ2v) is 4.24. The third kappa shape index (κ3) is 4.35. The molecule has 0 saturated heterocycles. The van der Waals surface area contributed by atoms with Gasteiger partial charge in [-0.15, -0.1) is 0 Å². The minimum absolute atomic E-state index is 0.113. The number of oxime groups is 1. The van der Waals surface area contributed by atoms with Crippen LogP contribution >= 0.6 is 0 Å². The van der Waals surface area contributed by atoms with Gasteiger partial charge >= 0.3 is 0 Å². The van der Waals surface area contributed by atoms with Crippen LogP contribution in [0.15, 0.2) is 35.5 Å². The zero-order chi connectivity index (χ0) is 13.4. The van der Waals surface area contributed by atoms with Crippen molar-refractivity contribution in [3.05, 3.63) is 35.9 Å². The van der Waals surface area contributed by atoms with Crippen LogP contribution in [0.3, 0.4) is 0 Å². The number of ether oxygens (including phenoxy) is 1. The van der Waals surface area contributed by atoms with Gasteiger partial charge in [0.15, 0.2) is 0 Å². The molecule has 100 valence electrons. The third-order valence-corrected chi connectivity index (χ3v) is 2.85. The van der Waals surface area contributed by atoms with Crippen LogP contribution in [0.4, 0.5) is 0 Å². The standard InChI is InChI=1S/C13H21N3O2/c1-16(8-9-18-2)10-12(13(14)15-17)11-6-4-3-5-7-11/h3-7,12,17H,8-10H2,1-2H3,(H2,14,15). The molecule has 0 radical (unpaired) electrons. The summed E-state index contributed by atoms with van der Waals surface area (Å²) in [6.07, 6.45) is 0. The van der Waals surface area contributed by atoms with E-state index in [1.165, 1.54) is 0 Å². The van der Waals surface area contributed by atoms with Crippen molar-refractivity contribution in [1.82, 2.24) is 4.90 Å². The smallest absolute Gasteiger partial charge is 0.147 e. The summed E-state index contributed by atoms with van der Waals surface area (Å²) < 4.78 is 5.03. The Kier molecular flexibility index (Phi) is 6.18. The maximum Gasteiger partial charge on any atom is 0.147 e. The largest absolute Gasteiger partial charge is 0.409 e. The lowest BCUT2D eigenvalue weighted by molar-refractivity contribution is 0.160. The Morgan fingerprint density at radius 1 is 1.44 bits per heavy atom. The molecular formula is C13H21N3O2. The highest BCUT2D eigenvalue weighted by Gasteiger charge is 2.18. The van der Waals surface area contributed by atoms with Crippen molar-refractivity contribution >= 4 is 5.84 Å². The van der Waals surface area contributed by atoms with Crippen LogP contribution in [0, 0.1) is 0 Å². The van der Waals surface area contributed by atoms with Crippen LogP contribution in [0.1, 0.15) is 11.5 Å². The fraction of sp³-hybridized carbons (Fsp3) is 0.462. The molecule has 0 saturated carbocycles. The molecule has 18 heavy (non-hydrogen) atoms. The lowest BCUT2D eigenvalue weighted by atomic mass is 9.97. The van der Waals surface area contributed by atoms with Gasteiger partial charge in [-0.05, 0) is 12.6 Å². The third-order valence-electron chi connectivity index (χ3n) is 2.85.